The lowest BCUT2D eigenvalue weighted by Gasteiger charge is -2.19. The van der Waals surface area contributed by atoms with Crippen LogP contribution in [0.3, 0.4) is 0 Å². The third-order valence-corrected chi connectivity index (χ3v) is 2.63. The monoisotopic (exact) mass is 284 g/mol. The molecule has 0 aliphatic rings. The van der Waals surface area contributed by atoms with Crippen LogP contribution in [0.25, 0.3) is 0 Å². The lowest BCUT2D eigenvalue weighted by atomic mass is 10.00. The molecule has 3 N–H and O–H groups in total. The van der Waals surface area contributed by atoms with Gasteiger partial charge in [0.1, 0.15) is 17.4 Å². The molecule has 0 bridgehead atoms. The molecular formula is C13H16O7. The minimum absolute atomic E-state index is 0.00652. The number of methoxy groups -OCH3 is 1. The van der Waals surface area contributed by atoms with Crippen LogP contribution in [-0.4, -0.2) is 47.1 Å². The van der Waals surface area contributed by atoms with Crippen molar-refractivity contribution in [1.29, 1.82) is 0 Å². The van der Waals surface area contributed by atoms with Crippen molar-refractivity contribution in [3.05, 3.63) is 29.3 Å². The van der Waals surface area contributed by atoms with Gasteiger partial charge in [-0.3, -0.25) is 0 Å². The van der Waals surface area contributed by atoms with E-state index in [2.05, 4.69) is 4.74 Å². The van der Waals surface area contributed by atoms with E-state index in [0.29, 0.717) is 0 Å². The highest BCUT2D eigenvalue weighted by Crippen LogP contribution is 2.31. The molecule has 2 unspecified atom stereocenters. The SMILES string of the molecule is CCOC(=O)C(O)C(O)c1cccc(C(=O)O)c1OC. The highest BCUT2D eigenvalue weighted by atomic mass is 16.5. The number of hydrogen-bond donors (Lipinski definition) is 3. The van der Waals surface area contributed by atoms with Gasteiger partial charge in [-0.25, -0.2) is 9.59 Å². The van der Waals surface area contributed by atoms with Gasteiger partial charge in [0.25, 0.3) is 0 Å². The van der Waals surface area contributed by atoms with Gasteiger partial charge in [0, 0.05) is 5.56 Å². The second-order valence-electron chi connectivity index (χ2n) is 3.87. The Morgan fingerprint density at radius 1 is 1.30 bits per heavy atom. The molecule has 7 heteroatoms. The molecule has 0 radical (unpaired) electrons. The molecule has 2 atom stereocenters. The number of rotatable bonds is 6. The van der Waals surface area contributed by atoms with Gasteiger partial charge >= 0.3 is 11.9 Å². The van der Waals surface area contributed by atoms with Gasteiger partial charge in [0.2, 0.25) is 0 Å². The Morgan fingerprint density at radius 2 is 1.95 bits per heavy atom. The third-order valence-electron chi connectivity index (χ3n) is 2.63. The zero-order valence-electron chi connectivity index (χ0n) is 11.1. The van der Waals surface area contributed by atoms with Gasteiger partial charge in [-0.15, -0.1) is 0 Å². The first kappa shape index (κ1) is 15.9. The van der Waals surface area contributed by atoms with Gasteiger partial charge in [-0.1, -0.05) is 12.1 Å². The summed E-state index contributed by atoms with van der Waals surface area (Å²) in [4.78, 5) is 22.4. The number of benzene rings is 1. The lowest BCUT2D eigenvalue weighted by molar-refractivity contribution is -0.159. The van der Waals surface area contributed by atoms with Crippen molar-refractivity contribution in [2.24, 2.45) is 0 Å². The number of aliphatic hydroxyl groups is 2. The number of esters is 1. The van der Waals surface area contributed by atoms with Crippen molar-refractivity contribution < 1.29 is 34.4 Å². The summed E-state index contributed by atoms with van der Waals surface area (Å²) < 4.78 is 9.54. The molecule has 20 heavy (non-hydrogen) atoms. The highest BCUT2D eigenvalue weighted by Gasteiger charge is 2.30. The Labute approximate surface area is 115 Å². The summed E-state index contributed by atoms with van der Waals surface area (Å²) in [5, 5.41) is 28.7. The van der Waals surface area contributed by atoms with Crippen LogP contribution in [-0.2, 0) is 9.53 Å². The van der Waals surface area contributed by atoms with Gasteiger partial charge in [-0.05, 0) is 13.0 Å². The molecule has 0 saturated carbocycles. The molecule has 0 aliphatic heterocycles. The fourth-order valence-corrected chi connectivity index (χ4v) is 1.71. The average molecular weight is 284 g/mol. The van der Waals surface area contributed by atoms with Crippen LogP contribution in [0.1, 0.15) is 28.9 Å². The summed E-state index contributed by atoms with van der Waals surface area (Å²) in [5.74, 6) is -2.36. The number of carboxylic acid groups (broad SMARTS) is 1. The van der Waals surface area contributed by atoms with E-state index in [4.69, 9.17) is 9.84 Å². The minimum Gasteiger partial charge on any atom is -0.495 e. The van der Waals surface area contributed by atoms with Crippen LogP contribution in [0.5, 0.6) is 5.75 Å². The average Bonchev–Trinajstić information content (AvgIpc) is 2.44. The largest absolute Gasteiger partial charge is 0.495 e. The molecule has 0 saturated heterocycles. The molecule has 1 aromatic carbocycles. The Kier molecular flexibility index (Phi) is 5.48. The predicted molar refractivity (Wildman–Crippen MR) is 67.6 cm³/mol. The number of carbonyl (C=O) groups is 2. The van der Waals surface area contributed by atoms with E-state index in [0.717, 1.165) is 0 Å². The van der Waals surface area contributed by atoms with Crippen molar-refractivity contribution in [2.45, 2.75) is 19.1 Å². The fourth-order valence-electron chi connectivity index (χ4n) is 1.71. The number of aromatic carboxylic acids is 1. The van der Waals surface area contributed by atoms with Crippen LogP contribution < -0.4 is 4.74 Å². The van der Waals surface area contributed by atoms with Gasteiger partial charge in [-0.2, -0.15) is 0 Å². The first-order valence-electron chi connectivity index (χ1n) is 5.87. The summed E-state index contributed by atoms with van der Waals surface area (Å²) >= 11 is 0. The number of hydrogen-bond acceptors (Lipinski definition) is 6. The molecule has 1 aromatic rings. The maximum absolute atomic E-state index is 11.4. The van der Waals surface area contributed by atoms with E-state index in [-0.39, 0.29) is 23.5 Å². The van der Waals surface area contributed by atoms with Crippen molar-refractivity contribution in [3.8, 4) is 5.75 Å². The maximum Gasteiger partial charge on any atom is 0.339 e. The molecular weight excluding hydrogens is 268 g/mol. The normalized spacial score (nSPS) is 13.4. The van der Waals surface area contributed by atoms with Crippen LogP contribution in [0.4, 0.5) is 0 Å². The molecule has 0 spiro atoms. The van der Waals surface area contributed by atoms with Crippen LogP contribution >= 0.6 is 0 Å². The first-order chi connectivity index (χ1) is 9.43. The van der Waals surface area contributed by atoms with Crippen LogP contribution in [0.2, 0.25) is 0 Å². The van der Waals surface area contributed by atoms with Crippen molar-refractivity contribution in [3.63, 3.8) is 0 Å². The minimum atomic E-state index is -1.83. The van der Waals surface area contributed by atoms with E-state index in [1.807, 2.05) is 0 Å². The molecule has 7 nitrogen and oxygen atoms in total. The van der Waals surface area contributed by atoms with Gasteiger partial charge < -0.3 is 24.8 Å². The quantitative estimate of drug-likeness (QED) is 0.646. The van der Waals surface area contributed by atoms with E-state index in [1.165, 1.54) is 25.3 Å². The Morgan fingerprint density at radius 3 is 2.45 bits per heavy atom. The smallest absolute Gasteiger partial charge is 0.339 e. The fraction of sp³-hybridized carbons (Fsp3) is 0.385. The summed E-state index contributed by atoms with van der Waals surface area (Å²) in [7, 11) is 1.23. The Balaban J connectivity index is 3.15. The standard InChI is InChI=1S/C13H16O7/c1-3-20-13(18)10(15)9(14)7-5-4-6-8(12(16)17)11(7)19-2/h4-6,9-10,14-15H,3H2,1-2H3,(H,16,17). The third kappa shape index (κ3) is 3.25. The molecule has 0 amide bonds. The second kappa shape index (κ2) is 6.88. The molecule has 0 aromatic heterocycles. The molecule has 1 rings (SSSR count). The predicted octanol–water partition coefficient (Wildman–Crippen LogP) is 0.351. The number of carboxylic acids is 1. The van der Waals surface area contributed by atoms with E-state index in [1.54, 1.807) is 6.92 Å². The zero-order chi connectivity index (χ0) is 15.3. The number of aliphatic hydroxyl groups excluding tert-OH is 2. The Bertz CT molecular complexity index is 497. The highest BCUT2D eigenvalue weighted by molar-refractivity contribution is 5.91. The maximum atomic E-state index is 11.4. The van der Waals surface area contributed by atoms with Gasteiger partial charge in [0.15, 0.2) is 6.10 Å². The van der Waals surface area contributed by atoms with E-state index < -0.39 is 24.1 Å². The van der Waals surface area contributed by atoms with Crippen molar-refractivity contribution >= 4 is 11.9 Å². The number of carbonyl (C=O) groups excluding carboxylic acids is 1. The second-order valence-corrected chi connectivity index (χ2v) is 3.87. The van der Waals surface area contributed by atoms with E-state index in [9.17, 15) is 19.8 Å². The lowest BCUT2D eigenvalue weighted by Crippen LogP contribution is -2.30. The molecule has 0 aliphatic carbocycles. The van der Waals surface area contributed by atoms with Gasteiger partial charge in [0.05, 0.1) is 13.7 Å². The summed E-state index contributed by atoms with van der Waals surface area (Å²) in [6, 6.07) is 4.02. The van der Waals surface area contributed by atoms with Crippen molar-refractivity contribution in [1.82, 2.24) is 0 Å². The molecule has 110 valence electrons. The summed E-state index contributed by atoms with van der Waals surface area (Å²) in [6.07, 6.45) is -3.48. The van der Waals surface area contributed by atoms with Crippen LogP contribution in [0.15, 0.2) is 18.2 Å². The summed E-state index contributed by atoms with van der Waals surface area (Å²) in [6.45, 7) is 1.61. The Hall–Kier alpha value is -2.12. The number of para-hydroxylation sites is 1. The van der Waals surface area contributed by atoms with Crippen molar-refractivity contribution in [2.75, 3.05) is 13.7 Å². The van der Waals surface area contributed by atoms with Crippen LogP contribution in [0, 0.1) is 0 Å². The zero-order valence-corrected chi connectivity index (χ0v) is 11.1. The summed E-state index contributed by atoms with van der Waals surface area (Å²) in [5.41, 5.74) is -0.187. The molecule has 0 fully saturated rings. The first-order valence-corrected chi connectivity index (χ1v) is 5.87. The molecule has 0 heterocycles. The topological polar surface area (TPSA) is 113 Å². The van der Waals surface area contributed by atoms with E-state index >= 15 is 0 Å². The number of ether oxygens (including phenoxy) is 2.